The highest BCUT2D eigenvalue weighted by Crippen LogP contribution is 2.25. The summed E-state index contributed by atoms with van der Waals surface area (Å²) < 4.78 is 0. The second-order valence-electron chi connectivity index (χ2n) is 7.46. The number of carbonyl (C=O) groups excluding carboxylic acids is 3. The van der Waals surface area contributed by atoms with Crippen LogP contribution in [-0.2, 0) is 22.6 Å². The Morgan fingerprint density at radius 3 is 2.85 bits per heavy atom. The molecule has 0 bridgehead atoms. The molecule has 0 radical (unpaired) electrons. The molecule has 0 spiro atoms. The molecular weight excluding hydrogens is 346 g/mol. The van der Waals surface area contributed by atoms with E-state index in [1.54, 1.807) is 4.90 Å². The van der Waals surface area contributed by atoms with Gasteiger partial charge in [-0.15, -0.1) is 0 Å². The van der Waals surface area contributed by atoms with Gasteiger partial charge in [0, 0.05) is 44.6 Å². The number of allylic oxidation sites excluding steroid dienone is 2. The zero-order chi connectivity index (χ0) is 18.8. The van der Waals surface area contributed by atoms with Crippen molar-refractivity contribution in [2.75, 3.05) is 26.2 Å². The second kappa shape index (κ2) is 7.54. The second-order valence-corrected chi connectivity index (χ2v) is 7.46. The Kier molecular flexibility index (Phi) is 4.96. The summed E-state index contributed by atoms with van der Waals surface area (Å²) >= 11 is 0. The van der Waals surface area contributed by atoms with Crippen LogP contribution in [0.5, 0.6) is 0 Å². The molecule has 2 aliphatic heterocycles. The number of aromatic nitrogens is 2. The van der Waals surface area contributed by atoms with Crippen molar-refractivity contribution in [2.24, 2.45) is 5.92 Å². The Bertz CT molecular complexity index is 784. The Labute approximate surface area is 158 Å². The number of aromatic amines is 1. The molecule has 1 unspecified atom stereocenters. The van der Waals surface area contributed by atoms with Gasteiger partial charge in [-0.3, -0.25) is 19.5 Å². The van der Waals surface area contributed by atoms with Gasteiger partial charge in [0.05, 0.1) is 12.2 Å². The van der Waals surface area contributed by atoms with Gasteiger partial charge in [0.25, 0.3) is 5.91 Å². The van der Waals surface area contributed by atoms with Crippen LogP contribution in [-0.4, -0.2) is 63.9 Å². The van der Waals surface area contributed by atoms with Crippen LogP contribution in [0.25, 0.3) is 0 Å². The van der Waals surface area contributed by atoms with Crippen LogP contribution in [0.2, 0.25) is 0 Å². The molecule has 144 valence electrons. The lowest BCUT2D eigenvalue weighted by Gasteiger charge is -2.28. The fourth-order valence-corrected chi connectivity index (χ4v) is 4.05. The number of nitrogens with one attached hydrogen (secondary N) is 2. The van der Waals surface area contributed by atoms with Gasteiger partial charge in [-0.25, -0.2) is 0 Å². The van der Waals surface area contributed by atoms with Crippen molar-refractivity contribution < 1.29 is 14.4 Å². The molecule has 3 amide bonds. The fraction of sp³-hybridized carbons (Fsp3) is 0.579. The lowest BCUT2D eigenvalue weighted by Crippen LogP contribution is -2.38. The minimum absolute atomic E-state index is 0.0272. The lowest BCUT2D eigenvalue weighted by atomic mass is 10.0. The van der Waals surface area contributed by atoms with Crippen LogP contribution in [0, 0.1) is 5.92 Å². The molecule has 3 aliphatic rings. The van der Waals surface area contributed by atoms with E-state index >= 15 is 0 Å². The minimum Gasteiger partial charge on any atom is -0.354 e. The Morgan fingerprint density at radius 1 is 1.19 bits per heavy atom. The smallest absolute Gasteiger partial charge is 0.274 e. The number of H-pyrrole nitrogens is 1. The van der Waals surface area contributed by atoms with E-state index in [0.717, 1.165) is 24.1 Å². The number of amides is 3. The first-order chi connectivity index (χ1) is 13.1. The third kappa shape index (κ3) is 3.74. The summed E-state index contributed by atoms with van der Waals surface area (Å²) in [6.45, 7) is 2.46. The summed E-state index contributed by atoms with van der Waals surface area (Å²) in [5, 5.41) is 9.98. The summed E-state index contributed by atoms with van der Waals surface area (Å²) in [6, 6.07) is 0. The summed E-state index contributed by atoms with van der Waals surface area (Å²) in [5.41, 5.74) is 2.20. The number of hydrogen-bond acceptors (Lipinski definition) is 4. The standard InChI is InChI=1S/C19H25N5O3/c25-16-6-9-23(10-7-20-16)19(27)18-14-5-8-24(12-15(14)21-22-18)17(26)11-13-3-1-2-4-13/h1,3,13H,2,4-12H2,(H,20,25)(H,21,22). The van der Waals surface area contributed by atoms with Crippen LogP contribution in [0.15, 0.2) is 12.2 Å². The fourth-order valence-electron chi connectivity index (χ4n) is 4.05. The minimum atomic E-state index is -0.139. The lowest BCUT2D eigenvalue weighted by molar-refractivity contribution is -0.132. The number of carbonyl (C=O) groups is 3. The van der Waals surface area contributed by atoms with Crippen molar-refractivity contribution in [3.8, 4) is 0 Å². The Balaban J connectivity index is 1.42. The summed E-state index contributed by atoms with van der Waals surface area (Å²) in [4.78, 5) is 40.4. The molecule has 0 aromatic carbocycles. The van der Waals surface area contributed by atoms with Crippen LogP contribution >= 0.6 is 0 Å². The van der Waals surface area contributed by atoms with Crippen molar-refractivity contribution in [1.29, 1.82) is 0 Å². The highest BCUT2D eigenvalue weighted by molar-refractivity contribution is 5.94. The highest BCUT2D eigenvalue weighted by Gasteiger charge is 2.30. The van der Waals surface area contributed by atoms with E-state index in [4.69, 9.17) is 0 Å². The monoisotopic (exact) mass is 371 g/mol. The molecular formula is C19H25N5O3. The van der Waals surface area contributed by atoms with Crippen LogP contribution in [0.1, 0.15) is 47.4 Å². The summed E-state index contributed by atoms with van der Waals surface area (Å²) in [7, 11) is 0. The number of nitrogens with zero attached hydrogens (tertiary/aromatic N) is 3. The van der Waals surface area contributed by atoms with Gasteiger partial charge in [0.15, 0.2) is 5.69 Å². The predicted molar refractivity (Wildman–Crippen MR) is 97.7 cm³/mol. The Hall–Kier alpha value is -2.64. The van der Waals surface area contributed by atoms with Gasteiger partial charge in [-0.05, 0) is 25.2 Å². The van der Waals surface area contributed by atoms with E-state index in [2.05, 4.69) is 27.7 Å². The van der Waals surface area contributed by atoms with E-state index in [1.807, 2.05) is 4.90 Å². The molecule has 0 saturated carbocycles. The van der Waals surface area contributed by atoms with Crippen molar-refractivity contribution in [3.63, 3.8) is 0 Å². The average molecular weight is 371 g/mol. The third-order valence-corrected chi connectivity index (χ3v) is 5.64. The third-order valence-electron chi connectivity index (χ3n) is 5.64. The molecule has 1 aromatic rings. The SMILES string of the molecule is O=C1CCN(C(=O)c2n[nH]c3c2CCN(C(=O)CC2C=CCC2)C3)CCN1. The van der Waals surface area contributed by atoms with E-state index in [0.29, 0.717) is 63.6 Å². The molecule has 8 nitrogen and oxygen atoms in total. The van der Waals surface area contributed by atoms with Crippen LogP contribution in [0.4, 0.5) is 0 Å². The first-order valence-corrected chi connectivity index (χ1v) is 9.68. The average Bonchev–Trinajstić information content (AvgIpc) is 3.27. The topological polar surface area (TPSA) is 98.4 Å². The van der Waals surface area contributed by atoms with Crippen LogP contribution in [0.3, 0.4) is 0 Å². The van der Waals surface area contributed by atoms with Crippen molar-refractivity contribution >= 4 is 17.7 Å². The number of rotatable bonds is 3. The van der Waals surface area contributed by atoms with Gasteiger partial charge < -0.3 is 15.1 Å². The molecule has 1 atom stereocenters. The molecule has 1 fully saturated rings. The molecule has 27 heavy (non-hydrogen) atoms. The Morgan fingerprint density at radius 2 is 2.04 bits per heavy atom. The maximum atomic E-state index is 12.9. The van der Waals surface area contributed by atoms with Gasteiger partial charge >= 0.3 is 0 Å². The van der Waals surface area contributed by atoms with E-state index in [9.17, 15) is 14.4 Å². The molecule has 1 aromatic heterocycles. The molecule has 1 saturated heterocycles. The number of hydrogen-bond donors (Lipinski definition) is 2. The van der Waals surface area contributed by atoms with Crippen molar-refractivity contribution in [1.82, 2.24) is 25.3 Å². The van der Waals surface area contributed by atoms with Crippen molar-refractivity contribution in [3.05, 3.63) is 29.1 Å². The normalized spacial score (nSPS) is 22.4. The largest absolute Gasteiger partial charge is 0.354 e. The van der Waals surface area contributed by atoms with Gasteiger partial charge in [0.2, 0.25) is 11.8 Å². The zero-order valence-electron chi connectivity index (χ0n) is 15.4. The zero-order valence-corrected chi connectivity index (χ0v) is 15.4. The van der Waals surface area contributed by atoms with E-state index in [-0.39, 0.29) is 17.7 Å². The van der Waals surface area contributed by atoms with Gasteiger partial charge in [-0.2, -0.15) is 5.10 Å². The van der Waals surface area contributed by atoms with Gasteiger partial charge in [0.1, 0.15) is 0 Å². The van der Waals surface area contributed by atoms with Crippen molar-refractivity contribution in [2.45, 2.75) is 38.6 Å². The molecule has 4 rings (SSSR count). The maximum absolute atomic E-state index is 12.9. The van der Waals surface area contributed by atoms with E-state index < -0.39 is 0 Å². The summed E-state index contributed by atoms with van der Waals surface area (Å²) in [5.74, 6) is 0.356. The number of fused-ring (bicyclic) bond motifs is 1. The highest BCUT2D eigenvalue weighted by atomic mass is 16.2. The first-order valence-electron chi connectivity index (χ1n) is 9.68. The predicted octanol–water partition coefficient (Wildman–Crippen LogP) is 0.613. The first kappa shape index (κ1) is 17.8. The van der Waals surface area contributed by atoms with Crippen LogP contribution < -0.4 is 5.32 Å². The molecule has 1 aliphatic carbocycles. The maximum Gasteiger partial charge on any atom is 0.274 e. The molecule has 2 N–H and O–H groups in total. The summed E-state index contributed by atoms with van der Waals surface area (Å²) in [6.07, 6.45) is 7.90. The van der Waals surface area contributed by atoms with E-state index in [1.165, 1.54) is 0 Å². The quantitative estimate of drug-likeness (QED) is 0.761. The van der Waals surface area contributed by atoms with Gasteiger partial charge in [-0.1, -0.05) is 12.2 Å². The molecule has 8 heteroatoms. The molecule has 3 heterocycles.